The molecule has 5 unspecified atom stereocenters. The minimum absolute atomic E-state index is 0.158. The Morgan fingerprint density at radius 3 is 2.05 bits per heavy atom. The number of hydrogen-bond acceptors (Lipinski definition) is 9. The molecule has 210 valence electrons. The van der Waals surface area contributed by atoms with E-state index in [-0.39, 0.29) is 13.2 Å². The average Bonchev–Trinajstić information content (AvgIpc) is 2.95. The van der Waals surface area contributed by atoms with Crippen LogP contribution in [0.25, 0.3) is 0 Å². The molecular weight excluding hydrogens is 532 g/mol. The van der Waals surface area contributed by atoms with E-state index in [4.69, 9.17) is 23.7 Å². The van der Waals surface area contributed by atoms with Crippen molar-refractivity contribution in [3.63, 3.8) is 0 Å². The predicted molar refractivity (Wildman–Crippen MR) is 149 cm³/mol. The van der Waals surface area contributed by atoms with E-state index in [9.17, 15) is 14.4 Å². The molecule has 1 aliphatic rings. The summed E-state index contributed by atoms with van der Waals surface area (Å²) in [6, 6.07) is 25.9. The van der Waals surface area contributed by atoms with Crippen molar-refractivity contribution >= 4 is 29.7 Å². The molecule has 9 heteroatoms. The van der Waals surface area contributed by atoms with Gasteiger partial charge in [-0.05, 0) is 36.8 Å². The monoisotopic (exact) mass is 564 g/mol. The number of ether oxygens (including phenoxy) is 5. The summed E-state index contributed by atoms with van der Waals surface area (Å²) in [7, 11) is 0. The Labute approximate surface area is 237 Å². The summed E-state index contributed by atoms with van der Waals surface area (Å²) in [6.07, 6.45) is -3.82. The van der Waals surface area contributed by atoms with Crippen molar-refractivity contribution in [2.45, 2.75) is 62.1 Å². The smallest absolute Gasteiger partial charge is 0.338 e. The van der Waals surface area contributed by atoms with E-state index >= 15 is 0 Å². The first kappa shape index (κ1) is 29.3. The summed E-state index contributed by atoms with van der Waals surface area (Å²) in [6.45, 7) is 4.53. The largest absolute Gasteiger partial charge is 0.463 e. The average molecular weight is 565 g/mol. The lowest BCUT2D eigenvalue weighted by Gasteiger charge is -2.44. The zero-order valence-electron chi connectivity index (χ0n) is 22.6. The molecule has 1 saturated heterocycles. The van der Waals surface area contributed by atoms with Gasteiger partial charge in [-0.15, -0.1) is 0 Å². The van der Waals surface area contributed by atoms with Crippen LogP contribution in [-0.2, 0) is 39.9 Å². The topological polar surface area (TPSA) is 97.4 Å². The number of esters is 3. The highest BCUT2D eigenvalue weighted by atomic mass is 32.2. The standard InChI is InChI=1S/C31H32O8S/c1-20-14-16-25(17-15-20)40-31-29(39-30(34)24-12-8-5-9-13-24)28(36-18-23-10-6-4-7-11-23)27(37-22(3)33)26(38-31)19-35-21(2)32/h4-17,26-29,31H,18-19H2,1-3H3. The van der Waals surface area contributed by atoms with Gasteiger partial charge < -0.3 is 23.7 Å². The van der Waals surface area contributed by atoms with Crippen LogP contribution in [0.4, 0.5) is 0 Å². The SMILES string of the molecule is CC(=O)OCC1OC(Sc2ccc(C)cc2)C(OC(=O)c2ccccc2)C(OCc2ccccc2)C1OC(C)=O. The minimum Gasteiger partial charge on any atom is -0.463 e. The lowest BCUT2D eigenvalue weighted by Crippen LogP contribution is -2.61. The van der Waals surface area contributed by atoms with E-state index < -0.39 is 47.8 Å². The first-order valence-electron chi connectivity index (χ1n) is 12.9. The van der Waals surface area contributed by atoms with E-state index in [1.165, 1.54) is 25.6 Å². The maximum atomic E-state index is 13.3. The van der Waals surface area contributed by atoms with Gasteiger partial charge in [0.25, 0.3) is 0 Å². The Balaban J connectivity index is 1.72. The summed E-state index contributed by atoms with van der Waals surface area (Å²) >= 11 is 1.34. The Kier molecular flexibility index (Phi) is 10.3. The molecule has 40 heavy (non-hydrogen) atoms. The third kappa shape index (κ3) is 8.17. The molecule has 0 N–H and O–H groups in total. The number of carbonyl (C=O) groups is 3. The Hall–Kier alpha value is -3.66. The molecule has 0 spiro atoms. The number of carbonyl (C=O) groups excluding carboxylic acids is 3. The zero-order valence-corrected chi connectivity index (χ0v) is 23.4. The molecule has 0 bridgehead atoms. The number of aryl methyl sites for hydroxylation is 1. The van der Waals surface area contributed by atoms with Crippen molar-refractivity contribution < 1.29 is 38.1 Å². The highest BCUT2D eigenvalue weighted by Gasteiger charge is 2.51. The van der Waals surface area contributed by atoms with Crippen LogP contribution in [0.2, 0.25) is 0 Å². The van der Waals surface area contributed by atoms with Crippen LogP contribution in [-0.4, -0.2) is 54.4 Å². The van der Waals surface area contributed by atoms with Gasteiger partial charge in [0, 0.05) is 18.7 Å². The number of rotatable bonds is 10. The molecule has 3 aromatic rings. The van der Waals surface area contributed by atoms with Crippen molar-refractivity contribution in [3.05, 3.63) is 102 Å². The Morgan fingerprint density at radius 1 is 0.775 bits per heavy atom. The van der Waals surface area contributed by atoms with Crippen molar-refractivity contribution in [1.29, 1.82) is 0 Å². The summed E-state index contributed by atoms with van der Waals surface area (Å²) in [5, 5.41) is 0. The van der Waals surface area contributed by atoms with Crippen LogP contribution in [0.1, 0.15) is 35.3 Å². The van der Waals surface area contributed by atoms with E-state index in [0.717, 1.165) is 16.0 Å². The summed E-state index contributed by atoms with van der Waals surface area (Å²) in [5.74, 6) is -1.66. The van der Waals surface area contributed by atoms with E-state index in [1.807, 2.05) is 61.5 Å². The molecule has 0 amide bonds. The van der Waals surface area contributed by atoms with Crippen LogP contribution in [0.5, 0.6) is 0 Å². The normalized spacial score (nSPS) is 22.2. The number of thioether (sulfide) groups is 1. The van der Waals surface area contributed by atoms with Crippen LogP contribution in [0.3, 0.4) is 0 Å². The van der Waals surface area contributed by atoms with Crippen LogP contribution in [0.15, 0.2) is 89.8 Å². The fourth-order valence-electron chi connectivity index (χ4n) is 4.24. The van der Waals surface area contributed by atoms with Gasteiger partial charge in [-0.25, -0.2) is 4.79 Å². The molecule has 8 nitrogen and oxygen atoms in total. The highest BCUT2D eigenvalue weighted by molar-refractivity contribution is 7.99. The van der Waals surface area contributed by atoms with Crippen molar-refractivity contribution in [2.75, 3.05) is 6.61 Å². The number of hydrogen-bond donors (Lipinski definition) is 0. The fourth-order valence-corrected chi connectivity index (χ4v) is 5.34. The number of benzene rings is 3. The second kappa shape index (κ2) is 14.1. The van der Waals surface area contributed by atoms with Gasteiger partial charge in [0.15, 0.2) is 12.2 Å². The molecule has 4 rings (SSSR count). The first-order chi connectivity index (χ1) is 19.3. The van der Waals surface area contributed by atoms with Gasteiger partial charge >= 0.3 is 17.9 Å². The van der Waals surface area contributed by atoms with Crippen LogP contribution < -0.4 is 0 Å². The molecule has 0 radical (unpaired) electrons. The summed E-state index contributed by atoms with van der Waals surface area (Å²) in [5.41, 5.74) is 1.55. The van der Waals surface area contributed by atoms with E-state index in [1.54, 1.807) is 30.3 Å². The highest BCUT2D eigenvalue weighted by Crippen LogP contribution is 2.38. The lowest BCUT2D eigenvalue weighted by molar-refractivity contribution is -0.235. The summed E-state index contributed by atoms with van der Waals surface area (Å²) < 4.78 is 29.8. The first-order valence-corrected chi connectivity index (χ1v) is 13.8. The van der Waals surface area contributed by atoms with E-state index in [2.05, 4.69) is 0 Å². The van der Waals surface area contributed by atoms with Gasteiger partial charge in [0.05, 0.1) is 12.2 Å². The fraction of sp³-hybridized carbons (Fsp3) is 0.323. The molecule has 1 aliphatic heterocycles. The Bertz CT molecular complexity index is 1270. The van der Waals surface area contributed by atoms with Gasteiger partial charge in [-0.2, -0.15) is 0 Å². The minimum atomic E-state index is -1.02. The third-order valence-corrected chi connectivity index (χ3v) is 7.31. The van der Waals surface area contributed by atoms with Crippen LogP contribution in [0, 0.1) is 6.92 Å². The second-order valence-electron chi connectivity index (χ2n) is 9.35. The lowest BCUT2D eigenvalue weighted by atomic mass is 9.99. The maximum Gasteiger partial charge on any atom is 0.338 e. The predicted octanol–water partition coefficient (Wildman–Crippen LogP) is 5.12. The zero-order chi connectivity index (χ0) is 28.5. The molecule has 3 aromatic carbocycles. The summed E-state index contributed by atoms with van der Waals surface area (Å²) in [4.78, 5) is 38.1. The van der Waals surface area contributed by atoms with Gasteiger partial charge in [0.2, 0.25) is 0 Å². The Morgan fingerprint density at radius 2 is 1.43 bits per heavy atom. The molecule has 5 atom stereocenters. The molecular formula is C31H32O8S. The quantitative estimate of drug-likeness (QED) is 0.246. The van der Waals surface area contributed by atoms with Crippen LogP contribution >= 0.6 is 11.8 Å². The van der Waals surface area contributed by atoms with Gasteiger partial charge in [0.1, 0.15) is 24.3 Å². The molecule has 1 fully saturated rings. The molecule has 1 heterocycles. The molecule has 0 aliphatic carbocycles. The van der Waals surface area contributed by atoms with Gasteiger partial charge in [-0.1, -0.05) is 78.0 Å². The van der Waals surface area contributed by atoms with Crippen molar-refractivity contribution in [1.82, 2.24) is 0 Å². The van der Waals surface area contributed by atoms with Crippen molar-refractivity contribution in [2.24, 2.45) is 0 Å². The molecule has 0 saturated carbocycles. The van der Waals surface area contributed by atoms with E-state index in [0.29, 0.717) is 5.56 Å². The third-order valence-electron chi connectivity index (χ3n) is 6.16. The van der Waals surface area contributed by atoms with Crippen molar-refractivity contribution in [3.8, 4) is 0 Å². The maximum absolute atomic E-state index is 13.3. The van der Waals surface area contributed by atoms with Gasteiger partial charge in [-0.3, -0.25) is 9.59 Å². The second-order valence-corrected chi connectivity index (χ2v) is 10.5. The molecule has 0 aromatic heterocycles.